The van der Waals surface area contributed by atoms with E-state index in [1.807, 2.05) is 22.6 Å². The lowest BCUT2D eigenvalue weighted by Gasteiger charge is -2.02. The minimum absolute atomic E-state index is 0.167. The van der Waals surface area contributed by atoms with E-state index in [9.17, 15) is 9.59 Å². The Hall–Kier alpha value is -0.570. The summed E-state index contributed by atoms with van der Waals surface area (Å²) in [4.78, 5) is 28.6. The fraction of sp³-hybridized carbons (Fsp3) is 0.375. The molecule has 0 fully saturated rings. The number of thioether (sulfide) groups is 1. The summed E-state index contributed by atoms with van der Waals surface area (Å²) in [6.07, 6.45) is 1.32. The van der Waals surface area contributed by atoms with E-state index in [1.165, 1.54) is 18.1 Å². The topological polar surface area (TPSA) is 72.0 Å². The van der Waals surface area contributed by atoms with Crippen molar-refractivity contribution in [3.8, 4) is 0 Å². The molecule has 0 spiro atoms. The van der Waals surface area contributed by atoms with Crippen LogP contribution in [-0.4, -0.2) is 28.3 Å². The lowest BCUT2D eigenvalue weighted by Crippen LogP contribution is -2.13. The standard InChI is InChI=1S/C8H9IN2O3S/c1-2-14-5(12)3-15-8-6(9)7(13)10-4-11-8/h4H,2-3H2,1H3,(H,10,11,13). The number of aromatic nitrogens is 2. The number of H-pyrrole nitrogens is 1. The van der Waals surface area contributed by atoms with E-state index in [2.05, 4.69) is 9.97 Å². The number of ether oxygens (including phenoxy) is 1. The molecule has 1 rings (SSSR count). The number of hydrogen-bond donors (Lipinski definition) is 1. The maximum atomic E-state index is 11.2. The smallest absolute Gasteiger partial charge is 0.316 e. The largest absolute Gasteiger partial charge is 0.465 e. The monoisotopic (exact) mass is 340 g/mol. The highest BCUT2D eigenvalue weighted by Gasteiger charge is 2.09. The molecule has 0 saturated heterocycles. The van der Waals surface area contributed by atoms with Crippen molar-refractivity contribution in [3.05, 3.63) is 20.3 Å². The molecule has 0 atom stereocenters. The predicted molar refractivity (Wildman–Crippen MR) is 64.9 cm³/mol. The zero-order valence-electron chi connectivity index (χ0n) is 7.95. The maximum absolute atomic E-state index is 11.2. The van der Waals surface area contributed by atoms with Crippen LogP contribution in [0.25, 0.3) is 0 Å². The fourth-order valence-electron chi connectivity index (χ4n) is 0.797. The first-order chi connectivity index (χ1) is 7.15. The van der Waals surface area contributed by atoms with Gasteiger partial charge >= 0.3 is 5.97 Å². The van der Waals surface area contributed by atoms with E-state index in [1.54, 1.807) is 6.92 Å². The number of esters is 1. The second kappa shape index (κ2) is 6.11. The number of halogens is 1. The van der Waals surface area contributed by atoms with Gasteiger partial charge in [0.2, 0.25) is 0 Å². The highest BCUT2D eigenvalue weighted by molar-refractivity contribution is 14.1. The lowest BCUT2D eigenvalue weighted by atomic mass is 10.7. The number of nitrogens with one attached hydrogen (secondary N) is 1. The van der Waals surface area contributed by atoms with Gasteiger partial charge in [0.1, 0.15) is 8.60 Å². The number of rotatable bonds is 4. The van der Waals surface area contributed by atoms with Gasteiger partial charge in [-0.15, -0.1) is 0 Å². The van der Waals surface area contributed by atoms with Gasteiger partial charge in [-0.1, -0.05) is 11.8 Å². The number of hydrogen-bond acceptors (Lipinski definition) is 5. The molecule has 0 aromatic carbocycles. The van der Waals surface area contributed by atoms with Gasteiger partial charge in [-0.25, -0.2) is 4.98 Å². The molecule has 0 radical (unpaired) electrons. The van der Waals surface area contributed by atoms with Gasteiger partial charge in [0.15, 0.2) is 0 Å². The molecule has 0 amide bonds. The predicted octanol–water partition coefficient (Wildman–Crippen LogP) is 1.03. The SMILES string of the molecule is CCOC(=O)CSc1nc[nH]c(=O)c1I. The van der Waals surface area contributed by atoms with Crippen LogP contribution in [0.2, 0.25) is 0 Å². The fourth-order valence-corrected chi connectivity index (χ4v) is 2.24. The van der Waals surface area contributed by atoms with Crippen molar-refractivity contribution in [2.45, 2.75) is 11.9 Å². The molecule has 7 heteroatoms. The van der Waals surface area contributed by atoms with Crippen LogP contribution in [0.4, 0.5) is 0 Å². The van der Waals surface area contributed by atoms with Crippen LogP contribution in [0.5, 0.6) is 0 Å². The Kier molecular flexibility index (Phi) is 5.09. The summed E-state index contributed by atoms with van der Waals surface area (Å²) in [6.45, 7) is 2.11. The highest BCUT2D eigenvalue weighted by Crippen LogP contribution is 2.18. The summed E-state index contributed by atoms with van der Waals surface area (Å²) < 4.78 is 5.25. The van der Waals surface area contributed by atoms with Crippen molar-refractivity contribution in [3.63, 3.8) is 0 Å². The molecule has 0 bridgehead atoms. The molecule has 0 aliphatic heterocycles. The first-order valence-electron chi connectivity index (χ1n) is 4.16. The molecule has 1 N–H and O–H groups in total. The molecule has 0 saturated carbocycles. The van der Waals surface area contributed by atoms with Gasteiger partial charge in [0.25, 0.3) is 5.56 Å². The van der Waals surface area contributed by atoms with E-state index in [0.29, 0.717) is 15.2 Å². The number of nitrogens with zero attached hydrogens (tertiary/aromatic N) is 1. The Morgan fingerprint density at radius 3 is 3.13 bits per heavy atom. The first-order valence-corrected chi connectivity index (χ1v) is 6.23. The summed E-state index contributed by atoms with van der Waals surface area (Å²) in [6, 6.07) is 0. The molecular weight excluding hydrogens is 331 g/mol. The van der Waals surface area contributed by atoms with Gasteiger partial charge in [-0.05, 0) is 29.5 Å². The normalized spacial score (nSPS) is 10.0. The van der Waals surface area contributed by atoms with Crippen LogP contribution in [-0.2, 0) is 9.53 Å². The van der Waals surface area contributed by atoms with Gasteiger partial charge < -0.3 is 9.72 Å². The second-order valence-electron chi connectivity index (χ2n) is 2.44. The van der Waals surface area contributed by atoms with E-state index < -0.39 is 0 Å². The van der Waals surface area contributed by atoms with Crippen LogP contribution in [0.1, 0.15) is 6.92 Å². The Balaban J connectivity index is 2.62. The van der Waals surface area contributed by atoms with Crippen LogP contribution in [0.15, 0.2) is 16.1 Å². The molecule has 1 heterocycles. The Morgan fingerprint density at radius 1 is 1.73 bits per heavy atom. The van der Waals surface area contributed by atoms with Crippen molar-refractivity contribution in [2.24, 2.45) is 0 Å². The summed E-state index contributed by atoms with van der Waals surface area (Å²) in [5.41, 5.74) is -0.197. The molecule has 0 unspecified atom stereocenters. The molecule has 1 aromatic rings. The second-order valence-corrected chi connectivity index (χ2v) is 4.49. The van der Waals surface area contributed by atoms with Crippen molar-refractivity contribution >= 4 is 40.3 Å². The average molecular weight is 340 g/mol. The van der Waals surface area contributed by atoms with Crippen LogP contribution in [0.3, 0.4) is 0 Å². The van der Waals surface area contributed by atoms with E-state index in [4.69, 9.17) is 4.74 Å². The molecule has 0 aliphatic rings. The zero-order valence-corrected chi connectivity index (χ0v) is 10.9. The van der Waals surface area contributed by atoms with Gasteiger partial charge in [-0.2, -0.15) is 0 Å². The lowest BCUT2D eigenvalue weighted by molar-refractivity contribution is -0.139. The minimum atomic E-state index is -0.305. The number of carbonyl (C=O) groups excluding carboxylic acids is 1. The zero-order chi connectivity index (χ0) is 11.3. The molecule has 82 valence electrons. The van der Waals surface area contributed by atoms with Crippen molar-refractivity contribution in [1.29, 1.82) is 0 Å². The van der Waals surface area contributed by atoms with Gasteiger partial charge in [0, 0.05) is 0 Å². The third-order valence-corrected chi connectivity index (χ3v) is 3.73. The van der Waals surface area contributed by atoms with Crippen molar-refractivity contribution in [2.75, 3.05) is 12.4 Å². The third-order valence-electron chi connectivity index (χ3n) is 1.40. The summed E-state index contributed by atoms with van der Waals surface area (Å²) >= 11 is 3.09. The first kappa shape index (κ1) is 12.5. The van der Waals surface area contributed by atoms with E-state index in [-0.39, 0.29) is 17.3 Å². The van der Waals surface area contributed by atoms with Crippen LogP contribution in [0, 0.1) is 3.57 Å². The molecular formula is C8H9IN2O3S. The third kappa shape index (κ3) is 3.82. The molecule has 0 aliphatic carbocycles. The number of aromatic amines is 1. The Bertz CT molecular complexity index is 407. The average Bonchev–Trinajstić information content (AvgIpc) is 2.21. The van der Waals surface area contributed by atoms with Crippen LogP contribution < -0.4 is 5.56 Å². The van der Waals surface area contributed by atoms with E-state index >= 15 is 0 Å². The van der Waals surface area contributed by atoms with Gasteiger partial charge in [0.05, 0.1) is 18.7 Å². The van der Waals surface area contributed by atoms with Gasteiger partial charge in [-0.3, -0.25) is 9.59 Å². The Labute approximate surface area is 104 Å². The summed E-state index contributed by atoms with van der Waals surface area (Å²) in [5, 5.41) is 0.549. The highest BCUT2D eigenvalue weighted by atomic mass is 127. The Morgan fingerprint density at radius 2 is 2.47 bits per heavy atom. The minimum Gasteiger partial charge on any atom is -0.465 e. The molecule has 1 aromatic heterocycles. The van der Waals surface area contributed by atoms with Crippen molar-refractivity contribution in [1.82, 2.24) is 9.97 Å². The van der Waals surface area contributed by atoms with Crippen LogP contribution >= 0.6 is 34.4 Å². The molecule has 15 heavy (non-hydrogen) atoms. The summed E-state index contributed by atoms with van der Waals surface area (Å²) in [7, 11) is 0. The van der Waals surface area contributed by atoms with Crippen molar-refractivity contribution < 1.29 is 9.53 Å². The number of carbonyl (C=O) groups is 1. The summed E-state index contributed by atoms with van der Waals surface area (Å²) in [5.74, 6) is -0.138. The maximum Gasteiger partial charge on any atom is 0.316 e. The quantitative estimate of drug-likeness (QED) is 0.384. The van der Waals surface area contributed by atoms with E-state index in [0.717, 1.165) is 0 Å². The molecule has 5 nitrogen and oxygen atoms in total.